The number of hydrogen-bond acceptors (Lipinski definition) is 9. The molecule has 0 atom stereocenters. The number of halogens is 2. The fourth-order valence-electron chi connectivity index (χ4n) is 6.07. The molecule has 2 aromatic rings. The van der Waals surface area contributed by atoms with E-state index < -0.39 is 64.3 Å². The number of benzene rings is 2. The second kappa shape index (κ2) is 19.8. The van der Waals surface area contributed by atoms with Gasteiger partial charge in [0.2, 0.25) is 11.9 Å². The lowest BCUT2D eigenvalue weighted by atomic mass is 9.97. The number of amides is 5. The van der Waals surface area contributed by atoms with E-state index in [-0.39, 0.29) is 60.5 Å². The molecule has 3 N–H and O–H groups in total. The van der Waals surface area contributed by atoms with Gasteiger partial charge in [-0.25, -0.2) is 28.0 Å². The molecule has 342 valence electrons. The molecule has 0 unspecified atom stereocenters. The van der Waals surface area contributed by atoms with Gasteiger partial charge < -0.3 is 34.1 Å². The van der Waals surface area contributed by atoms with Crippen molar-refractivity contribution in [1.82, 2.24) is 20.4 Å². The van der Waals surface area contributed by atoms with Crippen LogP contribution in [0.15, 0.2) is 58.5 Å². The average molecular weight is 880 g/mol. The Labute approximate surface area is 367 Å². The van der Waals surface area contributed by atoms with Crippen molar-refractivity contribution in [2.75, 3.05) is 31.5 Å². The Hall–Kier alpha value is -6.33. The number of alkyl carbamates (subject to hydrolysis) is 2. The Morgan fingerprint density at radius 1 is 0.571 bits per heavy atom. The number of carbonyl (C=O) groups is 5. The number of nitrogens with zero attached hydrogens (tertiary/aromatic N) is 4. The largest absolute Gasteiger partial charge is 0.444 e. The van der Waals surface area contributed by atoms with E-state index >= 15 is 8.78 Å². The second-order valence-corrected chi connectivity index (χ2v) is 18.8. The van der Waals surface area contributed by atoms with Crippen LogP contribution in [-0.2, 0) is 18.9 Å². The standard InChI is InChI=1S/C45H59F2N7O9/c1-42(2,3)60-38(56)49-36(50-39(57)61-43(4,5)6)53-21-17-27(18-22-53)31-15-13-29(25-33(31)46)35(55)48-30-14-16-32(34(47)26-30)28-19-23-54(24-20-28)37(51-40(58)62-44(7,8)9)52-41(59)63-45(10,11)12/h13-17,19,25-26H,18,20-24H2,1-12H3,(H,48,55)(H,49,50,56,57)(H,51,52,58,59). The van der Waals surface area contributed by atoms with Gasteiger partial charge >= 0.3 is 24.4 Å². The highest BCUT2D eigenvalue weighted by molar-refractivity contribution is 6.05. The minimum atomic E-state index is -0.911. The van der Waals surface area contributed by atoms with Crippen LogP contribution in [0.3, 0.4) is 0 Å². The lowest BCUT2D eigenvalue weighted by Crippen LogP contribution is -2.48. The Balaban J connectivity index is 1.43. The SMILES string of the molecule is CC(C)(C)OC(=O)N=C(NC(=O)OC(C)(C)C)N1CC=C(c2ccc(NC(=O)c3ccc(C4=CCN(C(=NC(=O)OC(C)(C)C)NC(=O)OC(C)(C)C)CC4)c(F)c3)cc2F)CC1. The lowest BCUT2D eigenvalue weighted by molar-refractivity contribution is 0.0536. The zero-order valence-corrected chi connectivity index (χ0v) is 38.1. The summed E-state index contributed by atoms with van der Waals surface area (Å²) < 4.78 is 52.5. The van der Waals surface area contributed by atoms with Gasteiger partial charge in [-0.15, -0.1) is 9.98 Å². The summed E-state index contributed by atoms with van der Waals surface area (Å²) in [6, 6.07) is 8.26. The van der Waals surface area contributed by atoms with Crippen molar-refractivity contribution < 1.29 is 51.7 Å². The summed E-state index contributed by atoms with van der Waals surface area (Å²) in [4.78, 5) is 74.7. The molecular formula is C45H59F2N7O9. The number of aliphatic imine (C=N–C) groups is 2. The van der Waals surface area contributed by atoms with E-state index in [0.29, 0.717) is 24.0 Å². The van der Waals surface area contributed by atoms with Crippen LogP contribution in [-0.4, -0.2) is 101 Å². The van der Waals surface area contributed by atoms with Crippen molar-refractivity contribution in [3.63, 3.8) is 0 Å². The van der Waals surface area contributed by atoms with Gasteiger partial charge in [-0.3, -0.25) is 15.4 Å². The van der Waals surface area contributed by atoms with Crippen molar-refractivity contribution in [3.8, 4) is 0 Å². The fourth-order valence-corrected chi connectivity index (χ4v) is 6.07. The van der Waals surface area contributed by atoms with Crippen LogP contribution in [0.2, 0.25) is 0 Å². The summed E-state index contributed by atoms with van der Waals surface area (Å²) >= 11 is 0. The first-order chi connectivity index (χ1) is 29.0. The minimum absolute atomic E-state index is 0.00559. The second-order valence-electron chi connectivity index (χ2n) is 18.8. The van der Waals surface area contributed by atoms with E-state index in [1.807, 2.05) is 0 Å². The molecule has 18 heteroatoms. The number of anilines is 1. The maximum absolute atomic E-state index is 15.6. The number of rotatable bonds is 4. The molecule has 0 saturated heterocycles. The van der Waals surface area contributed by atoms with E-state index in [1.54, 1.807) is 105 Å². The third kappa shape index (κ3) is 16.1. The first kappa shape index (κ1) is 49.3. The Bertz CT molecular complexity index is 2210. The van der Waals surface area contributed by atoms with Crippen molar-refractivity contribution in [3.05, 3.63) is 76.9 Å². The molecule has 2 aliphatic heterocycles. The summed E-state index contributed by atoms with van der Waals surface area (Å²) in [6.45, 7) is 21.1. The number of ether oxygens (including phenoxy) is 4. The van der Waals surface area contributed by atoms with Gasteiger partial charge in [0.05, 0.1) is 0 Å². The molecule has 0 radical (unpaired) electrons. The molecule has 2 aromatic carbocycles. The Morgan fingerprint density at radius 3 is 1.32 bits per heavy atom. The molecular weight excluding hydrogens is 821 g/mol. The van der Waals surface area contributed by atoms with Crippen LogP contribution in [0.5, 0.6) is 0 Å². The molecule has 4 rings (SSSR count). The molecule has 5 amide bonds. The summed E-state index contributed by atoms with van der Waals surface area (Å²) in [5.74, 6) is -2.09. The third-order valence-electron chi connectivity index (χ3n) is 8.57. The first-order valence-corrected chi connectivity index (χ1v) is 20.5. The average Bonchev–Trinajstić information content (AvgIpc) is 3.11. The van der Waals surface area contributed by atoms with Crippen LogP contribution in [0.25, 0.3) is 11.1 Å². The molecule has 2 aliphatic rings. The highest BCUT2D eigenvalue weighted by atomic mass is 19.1. The van der Waals surface area contributed by atoms with Gasteiger partial charge in [-0.05, 0) is 137 Å². The van der Waals surface area contributed by atoms with Crippen molar-refractivity contribution in [1.29, 1.82) is 0 Å². The summed E-state index contributed by atoms with van der Waals surface area (Å²) in [7, 11) is 0. The molecule has 63 heavy (non-hydrogen) atoms. The molecule has 0 spiro atoms. The number of carbonyl (C=O) groups excluding carboxylic acids is 5. The zero-order valence-electron chi connectivity index (χ0n) is 38.1. The topological polar surface area (TPSA) is 190 Å². The molecule has 2 heterocycles. The van der Waals surface area contributed by atoms with E-state index in [0.717, 1.165) is 6.07 Å². The van der Waals surface area contributed by atoms with Crippen molar-refractivity contribution >= 4 is 59.0 Å². The Kier molecular flexibility index (Phi) is 15.5. The van der Waals surface area contributed by atoms with E-state index in [4.69, 9.17) is 18.9 Å². The molecule has 0 saturated carbocycles. The van der Waals surface area contributed by atoms with E-state index in [2.05, 4.69) is 25.9 Å². The number of nitrogens with one attached hydrogen (secondary N) is 3. The molecule has 0 aliphatic carbocycles. The minimum Gasteiger partial charge on any atom is -0.444 e. The first-order valence-electron chi connectivity index (χ1n) is 20.5. The highest BCUT2D eigenvalue weighted by Crippen LogP contribution is 2.29. The summed E-state index contributed by atoms with van der Waals surface area (Å²) in [5, 5.41) is 7.67. The van der Waals surface area contributed by atoms with Gasteiger partial charge in [-0.1, -0.05) is 18.2 Å². The van der Waals surface area contributed by atoms with Gasteiger partial charge in [0.15, 0.2) is 0 Å². The predicted molar refractivity (Wildman–Crippen MR) is 235 cm³/mol. The number of hydrogen-bond donors (Lipinski definition) is 3. The van der Waals surface area contributed by atoms with Crippen LogP contribution in [0.1, 0.15) is 117 Å². The van der Waals surface area contributed by atoms with Crippen LogP contribution < -0.4 is 16.0 Å². The maximum atomic E-state index is 15.6. The van der Waals surface area contributed by atoms with Gasteiger partial charge in [0.25, 0.3) is 5.91 Å². The predicted octanol–water partition coefficient (Wildman–Crippen LogP) is 9.03. The van der Waals surface area contributed by atoms with Crippen LogP contribution in [0, 0.1) is 11.6 Å². The summed E-state index contributed by atoms with van der Waals surface area (Å²) in [5.41, 5.74) is -1.28. The van der Waals surface area contributed by atoms with Crippen LogP contribution in [0.4, 0.5) is 33.6 Å². The Morgan fingerprint density at radius 2 is 0.968 bits per heavy atom. The smallest absolute Gasteiger partial charge is 0.437 e. The lowest BCUT2D eigenvalue weighted by Gasteiger charge is -2.30. The third-order valence-corrected chi connectivity index (χ3v) is 8.57. The van der Waals surface area contributed by atoms with Gasteiger partial charge in [0.1, 0.15) is 34.0 Å². The monoisotopic (exact) mass is 879 g/mol. The van der Waals surface area contributed by atoms with Crippen LogP contribution >= 0.6 is 0 Å². The van der Waals surface area contributed by atoms with Gasteiger partial charge in [-0.2, -0.15) is 0 Å². The van der Waals surface area contributed by atoms with E-state index in [1.165, 1.54) is 30.3 Å². The summed E-state index contributed by atoms with van der Waals surface area (Å²) in [6.07, 6.45) is 0.634. The maximum Gasteiger partial charge on any atom is 0.437 e. The normalized spacial score (nSPS) is 15.4. The number of guanidine groups is 2. The molecule has 16 nitrogen and oxygen atoms in total. The fraction of sp³-hybridized carbons (Fsp3) is 0.489. The molecule has 0 fully saturated rings. The van der Waals surface area contributed by atoms with E-state index in [9.17, 15) is 24.0 Å². The van der Waals surface area contributed by atoms with Gasteiger partial charge in [0, 0.05) is 48.6 Å². The highest BCUT2D eigenvalue weighted by Gasteiger charge is 2.28. The molecule has 0 bridgehead atoms. The van der Waals surface area contributed by atoms with Crippen molar-refractivity contribution in [2.24, 2.45) is 9.98 Å². The van der Waals surface area contributed by atoms with Crippen molar-refractivity contribution in [2.45, 2.75) is 118 Å². The quantitative estimate of drug-likeness (QED) is 0.151. The zero-order chi connectivity index (χ0) is 47.1. The molecule has 0 aromatic heterocycles.